The Morgan fingerprint density at radius 2 is 1.39 bits per heavy atom. The van der Waals surface area contributed by atoms with Gasteiger partial charge in [0.25, 0.3) is 0 Å². The summed E-state index contributed by atoms with van der Waals surface area (Å²) >= 11 is 0. The van der Waals surface area contributed by atoms with Crippen LogP contribution in [-0.4, -0.2) is 18.7 Å². The fourth-order valence-electron chi connectivity index (χ4n) is 3.36. The van der Waals surface area contributed by atoms with Crippen LogP contribution in [0.15, 0.2) is 60.7 Å². The molecule has 0 N–H and O–H groups in total. The average molecular weight is 302 g/mol. The van der Waals surface area contributed by atoms with Crippen molar-refractivity contribution in [3.8, 4) is 5.75 Å². The van der Waals surface area contributed by atoms with Crippen molar-refractivity contribution in [2.45, 2.75) is 5.92 Å². The number of carbonyl (C=O) groups is 2. The lowest BCUT2D eigenvalue weighted by Gasteiger charge is -2.15. The third-order valence-electron chi connectivity index (χ3n) is 4.42. The highest BCUT2D eigenvalue weighted by molar-refractivity contribution is 6.30. The van der Waals surface area contributed by atoms with Gasteiger partial charge in [-0.15, -0.1) is 0 Å². The Bertz CT molecular complexity index is 921. The van der Waals surface area contributed by atoms with Crippen molar-refractivity contribution in [2.24, 2.45) is 0 Å². The highest BCUT2D eigenvalue weighted by Crippen LogP contribution is 2.41. The number of fused-ring (bicyclic) bond motifs is 2. The summed E-state index contributed by atoms with van der Waals surface area (Å²) in [5.74, 6) is -0.558. The van der Waals surface area contributed by atoms with Crippen molar-refractivity contribution in [1.29, 1.82) is 0 Å². The maximum absolute atomic E-state index is 12.8. The molecule has 112 valence electrons. The summed E-state index contributed by atoms with van der Waals surface area (Å²) in [7, 11) is 1.56. The van der Waals surface area contributed by atoms with E-state index in [1.54, 1.807) is 31.4 Å². The van der Waals surface area contributed by atoms with Gasteiger partial charge >= 0.3 is 0 Å². The van der Waals surface area contributed by atoms with E-state index in [2.05, 4.69) is 0 Å². The van der Waals surface area contributed by atoms with Crippen molar-refractivity contribution in [2.75, 3.05) is 7.11 Å². The van der Waals surface area contributed by atoms with E-state index in [4.69, 9.17) is 4.74 Å². The first-order valence-electron chi connectivity index (χ1n) is 7.45. The third-order valence-corrected chi connectivity index (χ3v) is 4.42. The molecule has 0 fully saturated rings. The van der Waals surface area contributed by atoms with Gasteiger partial charge in [0.05, 0.1) is 7.11 Å². The van der Waals surface area contributed by atoms with Gasteiger partial charge < -0.3 is 4.74 Å². The Balaban J connectivity index is 2.01. The quantitative estimate of drug-likeness (QED) is 0.672. The molecule has 0 aliphatic heterocycles. The van der Waals surface area contributed by atoms with Crippen LogP contribution < -0.4 is 4.74 Å². The molecule has 0 bridgehead atoms. The minimum Gasteiger partial charge on any atom is -0.496 e. The van der Waals surface area contributed by atoms with Crippen molar-refractivity contribution in [1.82, 2.24) is 0 Å². The molecule has 0 radical (unpaired) electrons. The molecular formula is C20H14O3. The van der Waals surface area contributed by atoms with Crippen molar-refractivity contribution in [3.63, 3.8) is 0 Å². The molecular weight excluding hydrogens is 288 g/mol. The molecule has 1 aliphatic rings. The van der Waals surface area contributed by atoms with E-state index < -0.39 is 5.92 Å². The second-order valence-corrected chi connectivity index (χ2v) is 5.61. The van der Waals surface area contributed by atoms with Gasteiger partial charge in [-0.25, -0.2) is 0 Å². The van der Waals surface area contributed by atoms with Gasteiger partial charge in [-0.3, -0.25) is 9.59 Å². The number of benzene rings is 3. The van der Waals surface area contributed by atoms with Crippen LogP contribution in [0.5, 0.6) is 5.75 Å². The van der Waals surface area contributed by atoms with Gasteiger partial charge in [-0.05, 0) is 16.8 Å². The number of carbonyl (C=O) groups excluding carboxylic acids is 2. The standard InChI is InChI=1S/C20H14O3/c1-23-16-11-10-12-6-2-3-7-13(12)17(16)18-19(21)14-8-4-5-9-15(14)20(18)22/h2-11,18H,1H3. The van der Waals surface area contributed by atoms with E-state index in [1.165, 1.54) is 0 Å². The Labute approximate surface area is 133 Å². The van der Waals surface area contributed by atoms with Crippen LogP contribution >= 0.6 is 0 Å². The van der Waals surface area contributed by atoms with E-state index >= 15 is 0 Å². The third kappa shape index (κ3) is 1.90. The summed E-state index contributed by atoms with van der Waals surface area (Å²) < 4.78 is 5.46. The van der Waals surface area contributed by atoms with Crippen LogP contribution in [0.4, 0.5) is 0 Å². The number of methoxy groups -OCH3 is 1. The molecule has 3 aromatic rings. The number of ether oxygens (including phenoxy) is 1. The molecule has 0 saturated heterocycles. The smallest absolute Gasteiger partial charge is 0.179 e. The maximum atomic E-state index is 12.8. The van der Waals surface area contributed by atoms with Gasteiger partial charge in [0, 0.05) is 16.7 Å². The second-order valence-electron chi connectivity index (χ2n) is 5.61. The number of hydrogen-bond acceptors (Lipinski definition) is 3. The molecule has 0 atom stereocenters. The van der Waals surface area contributed by atoms with E-state index in [0.29, 0.717) is 22.4 Å². The zero-order valence-corrected chi connectivity index (χ0v) is 12.6. The number of ketones is 2. The lowest BCUT2D eigenvalue weighted by atomic mass is 9.89. The molecule has 23 heavy (non-hydrogen) atoms. The van der Waals surface area contributed by atoms with Crippen LogP contribution in [-0.2, 0) is 0 Å². The monoisotopic (exact) mass is 302 g/mol. The number of Topliss-reactive ketones (excluding diaryl/α,β-unsaturated/α-hetero) is 2. The number of hydrogen-bond donors (Lipinski definition) is 0. The van der Waals surface area contributed by atoms with Crippen molar-refractivity contribution in [3.05, 3.63) is 77.4 Å². The molecule has 3 heteroatoms. The molecule has 0 saturated carbocycles. The summed E-state index contributed by atoms with van der Waals surface area (Å²) in [4.78, 5) is 25.7. The molecule has 3 aromatic carbocycles. The van der Waals surface area contributed by atoms with Gasteiger partial charge in [-0.1, -0.05) is 54.6 Å². The highest BCUT2D eigenvalue weighted by atomic mass is 16.5. The molecule has 1 aliphatic carbocycles. The summed E-state index contributed by atoms with van der Waals surface area (Å²) in [5.41, 5.74) is 1.66. The molecule has 0 spiro atoms. The summed E-state index contributed by atoms with van der Waals surface area (Å²) in [6.45, 7) is 0. The van der Waals surface area contributed by atoms with Crippen molar-refractivity contribution >= 4 is 22.3 Å². The minimum absolute atomic E-state index is 0.153. The van der Waals surface area contributed by atoms with Gasteiger partial charge in [0.2, 0.25) is 0 Å². The average Bonchev–Trinajstić information content (AvgIpc) is 2.85. The Kier molecular flexibility index (Phi) is 3.01. The second kappa shape index (κ2) is 5.06. The molecule has 3 nitrogen and oxygen atoms in total. The van der Waals surface area contributed by atoms with E-state index in [9.17, 15) is 9.59 Å². The van der Waals surface area contributed by atoms with Gasteiger partial charge in [-0.2, -0.15) is 0 Å². The molecule has 0 unspecified atom stereocenters. The molecule has 0 amide bonds. The molecule has 4 rings (SSSR count). The zero-order chi connectivity index (χ0) is 16.0. The highest BCUT2D eigenvalue weighted by Gasteiger charge is 2.41. The number of rotatable bonds is 2. The summed E-state index contributed by atoms with van der Waals surface area (Å²) in [5, 5.41) is 1.87. The minimum atomic E-state index is -0.826. The largest absolute Gasteiger partial charge is 0.496 e. The Morgan fingerprint density at radius 1 is 0.783 bits per heavy atom. The lowest BCUT2D eigenvalue weighted by molar-refractivity contribution is 0.0889. The SMILES string of the molecule is COc1ccc2ccccc2c1C1C(=O)c2ccccc2C1=O. The van der Waals surface area contributed by atoms with Crippen LogP contribution in [0, 0.1) is 0 Å². The van der Waals surface area contributed by atoms with Crippen LogP contribution in [0.2, 0.25) is 0 Å². The predicted octanol–water partition coefficient (Wildman–Crippen LogP) is 4.01. The van der Waals surface area contributed by atoms with Gasteiger partial charge in [0.15, 0.2) is 11.6 Å². The van der Waals surface area contributed by atoms with Crippen LogP contribution in [0.1, 0.15) is 32.2 Å². The lowest BCUT2D eigenvalue weighted by Crippen LogP contribution is -2.14. The topological polar surface area (TPSA) is 43.4 Å². The van der Waals surface area contributed by atoms with Crippen molar-refractivity contribution < 1.29 is 14.3 Å². The maximum Gasteiger partial charge on any atom is 0.179 e. The fourth-order valence-corrected chi connectivity index (χ4v) is 3.36. The van der Waals surface area contributed by atoms with Crippen LogP contribution in [0.3, 0.4) is 0 Å². The first-order valence-corrected chi connectivity index (χ1v) is 7.45. The normalized spacial score (nSPS) is 14.3. The summed E-state index contributed by atoms with van der Waals surface area (Å²) in [6, 6.07) is 18.5. The van der Waals surface area contributed by atoms with E-state index in [-0.39, 0.29) is 11.6 Å². The molecule has 0 heterocycles. The summed E-state index contributed by atoms with van der Waals surface area (Å²) in [6.07, 6.45) is 0. The van der Waals surface area contributed by atoms with E-state index in [1.807, 2.05) is 36.4 Å². The fraction of sp³-hybridized carbons (Fsp3) is 0.100. The first kappa shape index (κ1) is 13.7. The predicted molar refractivity (Wildman–Crippen MR) is 88.3 cm³/mol. The molecule has 0 aromatic heterocycles. The Hall–Kier alpha value is -2.94. The zero-order valence-electron chi connectivity index (χ0n) is 12.6. The first-order chi connectivity index (χ1) is 11.2. The van der Waals surface area contributed by atoms with E-state index in [0.717, 1.165) is 10.8 Å². The van der Waals surface area contributed by atoms with Crippen LogP contribution in [0.25, 0.3) is 10.8 Å². The Morgan fingerprint density at radius 3 is 2.04 bits per heavy atom. The van der Waals surface area contributed by atoms with Gasteiger partial charge in [0.1, 0.15) is 11.7 Å².